The fraction of sp³-hybridized carbons (Fsp3) is 0.467. The maximum Gasteiger partial charge on any atom is 0.335 e. The van der Waals surface area contributed by atoms with E-state index in [1.165, 1.54) is 12.8 Å². The van der Waals surface area contributed by atoms with E-state index < -0.39 is 5.97 Å². The summed E-state index contributed by atoms with van der Waals surface area (Å²) in [5.41, 5.74) is 6.80. The van der Waals surface area contributed by atoms with Gasteiger partial charge in [-0.1, -0.05) is 25.0 Å². The third-order valence-corrected chi connectivity index (χ3v) is 5.22. The van der Waals surface area contributed by atoms with Crippen LogP contribution in [0.25, 0.3) is 0 Å². The van der Waals surface area contributed by atoms with Crippen molar-refractivity contribution in [3.63, 3.8) is 0 Å². The lowest BCUT2D eigenvalue weighted by atomic mass is 10.0. The lowest BCUT2D eigenvalue weighted by Gasteiger charge is -2.19. The zero-order chi connectivity index (χ0) is 14.5. The van der Waals surface area contributed by atoms with Gasteiger partial charge in [-0.25, -0.2) is 4.79 Å². The van der Waals surface area contributed by atoms with Crippen molar-refractivity contribution >= 4 is 23.6 Å². The van der Waals surface area contributed by atoms with Gasteiger partial charge in [0, 0.05) is 5.75 Å². The maximum absolute atomic E-state index is 11.6. The maximum atomic E-state index is 11.6. The molecule has 0 bridgehead atoms. The molecule has 0 radical (unpaired) electrons. The number of benzene rings is 1. The van der Waals surface area contributed by atoms with Crippen LogP contribution in [0.5, 0.6) is 0 Å². The number of amides is 1. The highest BCUT2D eigenvalue weighted by Crippen LogP contribution is 2.35. The van der Waals surface area contributed by atoms with Crippen molar-refractivity contribution in [3.05, 3.63) is 35.4 Å². The Kier molecular flexibility index (Phi) is 5.06. The number of carboxylic acid groups (broad SMARTS) is 1. The smallest absolute Gasteiger partial charge is 0.335 e. The van der Waals surface area contributed by atoms with Gasteiger partial charge in [-0.2, -0.15) is 0 Å². The minimum absolute atomic E-state index is 0.128. The summed E-state index contributed by atoms with van der Waals surface area (Å²) in [4.78, 5) is 22.4. The molecule has 1 aromatic carbocycles. The highest BCUT2D eigenvalue weighted by atomic mass is 32.2. The van der Waals surface area contributed by atoms with Crippen molar-refractivity contribution in [2.24, 2.45) is 11.7 Å². The molecule has 108 valence electrons. The first-order valence-corrected chi connectivity index (χ1v) is 7.86. The quantitative estimate of drug-likeness (QED) is 0.845. The largest absolute Gasteiger partial charge is 0.478 e. The molecule has 4 nitrogen and oxygen atoms in total. The number of hydrogen-bond acceptors (Lipinski definition) is 3. The molecule has 0 aliphatic heterocycles. The van der Waals surface area contributed by atoms with Crippen LogP contribution in [0.15, 0.2) is 24.3 Å². The number of aromatic carboxylic acids is 1. The molecule has 2 rings (SSSR count). The summed E-state index contributed by atoms with van der Waals surface area (Å²) in [5, 5.41) is 8.72. The molecule has 1 unspecified atom stereocenters. The van der Waals surface area contributed by atoms with E-state index in [9.17, 15) is 9.59 Å². The molecule has 1 aliphatic carbocycles. The first-order valence-electron chi connectivity index (χ1n) is 6.81. The average Bonchev–Trinajstić information content (AvgIpc) is 2.93. The molecule has 0 saturated heterocycles. The molecule has 1 saturated carbocycles. The third-order valence-electron chi connectivity index (χ3n) is 3.74. The second kappa shape index (κ2) is 6.79. The Morgan fingerprint density at radius 2 is 1.85 bits per heavy atom. The zero-order valence-electron chi connectivity index (χ0n) is 11.2. The number of carbonyl (C=O) groups excluding carboxylic acids is 1. The van der Waals surface area contributed by atoms with Gasteiger partial charge in [-0.15, -0.1) is 11.8 Å². The normalized spacial score (nSPS) is 17.0. The Morgan fingerprint density at radius 3 is 2.35 bits per heavy atom. The van der Waals surface area contributed by atoms with Crippen LogP contribution in [0.1, 0.15) is 41.6 Å². The molecule has 1 fully saturated rings. The molecule has 3 N–H and O–H groups in total. The summed E-state index contributed by atoms with van der Waals surface area (Å²) in [6.45, 7) is 0. The fourth-order valence-corrected chi connectivity index (χ4v) is 3.91. The fourth-order valence-electron chi connectivity index (χ4n) is 2.64. The Morgan fingerprint density at radius 1 is 1.25 bits per heavy atom. The van der Waals surface area contributed by atoms with Gasteiger partial charge in [0.1, 0.15) is 0 Å². The van der Waals surface area contributed by atoms with Crippen LogP contribution in [-0.4, -0.2) is 22.2 Å². The Hall–Kier alpha value is -1.49. The van der Waals surface area contributed by atoms with Crippen LogP contribution < -0.4 is 5.73 Å². The second-order valence-electron chi connectivity index (χ2n) is 5.18. The van der Waals surface area contributed by atoms with Crippen molar-refractivity contribution < 1.29 is 14.7 Å². The van der Waals surface area contributed by atoms with Crippen molar-refractivity contribution in [2.75, 3.05) is 0 Å². The molecule has 20 heavy (non-hydrogen) atoms. The van der Waals surface area contributed by atoms with Crippen LogP contribution in [0.3, 0.4) is 0 Å². The van der Waals surface area contributed by atoms with Crippen LogP contribution in [0.2, 0.25) is 0 Å². The molecule has 0 aromatic heterocycles. The first-order chi connectivity index (χ1) is 9.58. The summed E-state index contributed by atoms with van der Waals surface area (Å²) in [7, 11) is 0. The van der Waals surface area contributed by atoms with Gasteiger partial charge in [0.2, 0.25) is 5.91 Å². The molecule has 1 aliphatic rings. The van der Waals surface area contributed by atoms with E-state index in [2.05, 4.69) is 0 Å². The number of thioether (sulfide) groups is 1. The van der Waals surface area contributed by atoms with Gasteiger partial charge in [0.05, 0.1) is 10.8 Å². The zero-order valence-corrected chi connectivity index (χ0v) is 12.1. The lowest BCUT2D eigenvalue weighted by Crippen LogP contribution is -2.31. The van der Waals surface area contributed by atoms with E-state index in [-0.39, 0.29) is 16.7 Å². The van der Waals surface area contributed by atoms with Gasteiger partial charge in [-0.3, -0.25) is 4.79 Å². The minimum Gasteiger partial charge on any atom is -0.478 e. The van der Waals surface area contributed by atoms with Gasteiger partial charge >= 0.3 is 5.97 Å². The highest BCUT2D eigenvalue weighted by Gasteiger charge is 2.29. The summed E-state index contributed by atoms with van der Waals surface area (Å²) < 4.78 is 0. The van der Waals surface area contributed by atoms with E-state index in [4.69, 9.17) is 10.8 Å². The van der Waals surface area contributed by atoms with Crippen molar-refractivity contribution in [1.82, 2.24) is 0 Å². The molecule has 1 aromatic rings. The predicted octanol–water partition coefficient (Wildman–Crippen LogP) is 2.66. The molecular formula is C15H19NO3S. The van der Waals surface area contributed by atoms with Crippen LogP contribution >= 0.6 is 11.8 Å². The Balaban J connectivity index is 1.94. The number of nitrogens with two attached hydrogens (primary N) is 1. The summed E-state index contributed by atoms with van der Waals surface area (Å²) >= 11 is 1.57. The highest BCUT2D eigenvalue weighted by molar-refractivity contribution is 7.99. The summed E-state index contributed by atoms with van der Waals surface area (Å²) in [6, 6.07) is 6.77. The van der Waals surface area contributed by atoms with E-state index in [1.54, 1.807) is 36.0 Å². The predicted molar refractivity (Wildman–Crippen MR) is 79.6 cm³/mol. The van der Waals surface area contributed by atoms with Gasteiger partial charge in [-0.05, 0) is 36.5 Å². The number of carbonyl (C=O) groups is 2. The number of primary amides is 1. The molecule has 1 amide bonds. The number of carboxylic acids is 1. The van der Waals surface area contributed by atoms with Gasteiger partial charge in [0.25, 0.3) is 0 Å². The van der Waals surface area contributed by atoms with Crippen molar-refractivity contribution in [2.45, 2.75) is 36.7 Å². The second-order valence-corrected chi connectivity index (χ2v) is 6.31. The van der Waals surface area contributed by atoms with Crippen molar-refractivity contribution in [3.8, 4) is 0 Å². The van der Waals surface area contributed by atoms with Crippen LogP contribution in [0, 0.1) is 5.92 Å². The first kappa shape index (κ1) is 14.9. The summed E-state index contributed by atoms with van der Waals surface area (Å²) in [6.07, 6.45) is 4.53. The topological polar surface area (TPSA) is 80.4 Å². The van der Waals surface area contributed by atoms with Gasteiger partial charge in [0.15, 0.2) is 0 Å². The Labute approximate surface area is 122 Å². The lowest BCUT2D eigenvalue weighted by molar-refractivity contribution is -0.118. The van der Waals surface area contributed by atoms with Crippen molar-refractivity contribution in [1.29, 1.82) is 0 Å². The molecule has 0 spiro atoms. The molecule has 1 atom stereocenters. The Bertz CT molecular complexity index is 480. The van der Waals surface area contributed by atoms with Crippen LogP contribution in [-0.2, 0) is 10.5 Å². The third kappa shape index (κ3) is 3.76. The van der Waals surface area contributed by atoms with E-state index in [1.807, 2.05) is 0 Å². The minimum atomic E-state index is -0.926. The number of hydrogen-bond donors (Lipinski definition) is 2. The summed E-state index contributed by atoms with van der Waals surface area (Å²) in [5.74, 6) is -0.0747. The number of rotatable bonds is 6. The SMILES string of the molecule is NC(=O)C(SCc1ccc(C(=O)O)cc1)C1CCCC1. The molecular weight excluding hydrogens is 274 g/mol. The van der Waals surface area contributed by atoms with E-state index in [0.29, 0.717) is 11.7 Å². The molecule has 0 heterocycles. The van der Waals surface area contributed by atoms with E-state index in [0.717, 1.165) is 18.4 Å². The van der Waals surface area contributed by atoms with Gasteiger partial charge < -0.3 is 10.8 Å². The van der Waals surface area contributed by atoms with Crippen LogP contribution in [0.4, 0.5) is 0 Å². The average molecular weight is 293 g/mol. The van der Waals surface area contributed by atoms with E-state index >= 15 is 0 Å². The standard InChI is InChI=1S/C15H19NO3S/c16-14(17)13(11-3-1-2-4-11)20-9-10-5-7-12(8-6-10)15(18)19/h5-8,11,13H,1-4,9H2,(H2,16,17)(H,18,19). The monoisotopic (exact) mass is 293 g/mol. The molecule has 5 heteroatoms.